The van der Waals surface area contributed by atoms with Crippen LogP contribution in [0.25, 0.3) is 0 Å². The van der Waals surface area contributed by atoms with Crippen LogP contribution >= 0.6 is 0 Å². The Morgan fingerprint density at radius 3 is 2.29 bits per heavy atom. The van der Waals surface area contributed by atoms with E-state index in [-0.39, 0.29) is 5.97 Å². The van der Waals surface area contributed by atoms with E-state index in [0.717, 1.165) is 25.7 Å². The SMILES string of the molecule is CCCCCOC(=O)CCCCCC(C)(C)C. The summed E-state index contributed by atoms with van der Waals surface area (Å²) >= 11 is 0. The highest BCUT2D eigenvalue weighted by atomic mass is 16.5. The molecule has 0 fully saturated rings. The second-order valence-corrected chi connectivity index (χ2v) is 6.05. The van der Waals surface area contributed by atoms with Gasteiger partial charge in [0.15, 0.2) is 0 Å². The number of carbonyl (C=O) groups excluding carboxylic acids is 1. The third-order valence-electron chi connectivity index (χ3n) is 2.82. The van der Waals surface area contributed by atoms with Crippen LogP contribution in [-0.4, -0.2) is 12.6 Å². The third kappa shape index (κ3) is 13.4. The summed E-state index contributed by atoms with van der Waals surface area (Å²) in [6.45, 7) is 9.53. The number of carbonyl (C=O) groups is 1. The van der Waals surface area contributed by atoms with E-state index >= 15 is 0 Å². The maximum Gasteiger partial charge on any atom is 0.305 e. The van der Waals surface area contributed by atoms with Gasteiger partial charge in [0.25, 0.3) is 0 Å². The monoisotopic (exact) mass is 242 g/mol. The molecular formula is C15H30O2. The average molecular weight is 242 g/mol. The van der Waals surface area contributed by atoms with Gasteiger partial charge in [0.1, 0.15) is 0 Å². The molecule has 0 rings (SSSR count). The second-order valence-electron chi connectivity index (χ2n) is 6.05. The number of hydrogen-bond donors (Lipinski definition) is 0. The summed E-state index contributed by atoms with van der Waals surface area (Å²) in [5, 5.41) is 0. The quantitative estimate of drug-likeness (QED) is 0.432. The highest BCUT2D eigenvalue weighted by molar-refractivity contribution is 5.69. The number of ether oxygens (including phenoxy) is 1. The van der Waals surface area contributed by atoms with Crippen LogP contribution in [0.5, 0.6) is 0 Å². The molecule has 0 radical (unpaired) electrons. The van der Waals surface area contributed by atoms with E-state index in [1.807, 2.05) is 0 Å². The van der Waals surface area contributed by atoms with Gasteiger partial charge in [0.05, 0.1) is 6.61 Å². The maximum absolute atomic E-state index is 11.3. The topological polar surface area (TPSA) is 26.3 Å². The van der Waals surface area contributed by atoms with Crippen LogP contribution < -0.4 is 0 Å². The van der Waals surface area contributed by atoms with E-state index in [1.54, 1.807) is 0 Å². The average Bonchev–Trinajstić information content (AvgIpc) is 2.22. The van der Waals surface area contributed by atoms with Crippen molar-refractivity contribution in [2.75, 3.05) is 6.61 Å². The Morgan fingerprint density at radius 1 is 1.00 bits per heavy atom. The number of hydrogen-bond acceptors (Lipinski definition) is 2. The summed E-state index contributed by atoms with van der Waals surface area (Å²) in [5.41, 5.74) is 0.417. The van der Waals surface area contributed by atoms with Gasteiger partial charge in [-0.25, -0.2) is 0 Å². The van der Waals surface area contributed by atoms with Crippen LogP contribution in [0, 0.1) is 5.41 Å². The molecule has 0 aliphatic carbocycles. The van der Waals surface area contributed by atoms with Gasteiger partial charge in [-0.05, 0) is 24.7 Å². The van der Waals surface area contributed by atoms with E-state index in [9.17, 15) is 4.79 Å². The highest BCUT2D eigenvalue weighted by Crippen LogP contribution is 2.22. The molecule has 0 unspecified atom stereocenters. The van der Waals surface area contributed by atoms with Gasteiger partial charge in [0, 0.05) is 6.42 Å². The lowest BCUT2D eigenvalue weighted by molar-refractivity contribution is -0.143. The predicted molar refractivity (Wildman–Crippen MR) is 73.0 cm³/mol. The van der Waals surface area contributed by atoms with E-state index in [1.165, 1.54) is 19.3 Å². The minimum atomic E-state index is -0.0168. The van der Waals surface area contributed by atoms with Crippen LogP contribution in [0.15, 0.2) is 0 Å². The van der Waals surface area contributed by atoms with Gasteiger partial charge in [-0.15, -0.1) is 0 Å². The maximum atomic E-state index is 11.3. The van der Waals surface area contributed by atoms with Gasteiger partial charge < -0.3 is 4.74 Å². The zero-order valence-corrected chi connectivity index (χ0v) is 12.2. The van der Waals surface area contributed by atoms with Crippen LogP contribution in [0.1, 0.15) is 79.1 Å². The fourth-order valence-corrected chi connectivity index (χ4v) is 1.71. The van der Waals surface area contributed by atoms with Crippen molar-refractivity contribution >= 4 is 5.97 Å². The van der Waals surface area contributed by atoms with E-state index < -0.39 is 0 Å². The summed E-state index contributed by atoms with van der Waals surface area (Å²) < 4.78 is 5.15. The first-order valence-electron chi connectivity index (χ1n) is 7.11. The molecule has 17 heavy (non-hydrogen) atoms. The fraction of sp³-hybridized carbons (Fsp3) is 0.933. The first-order valence-corrected chi connectivity index (χ1v) is 7.11. The minimum absolute atomic E-state index is 0.0168. The Hall–Kier alpha value is -0.530. The first-order chi connectivity index (χ1) is 7.95. The van der Waals surface area contributed by atoms with E-state index in [0.29, 0.717) is 18.4 Å². The first kappa shape index (κ1) is 16.5. The van der Waals surface area contributed by atoms with Crippen LogP contribution in [0.4, 0.5) is 0 Å². The van der Waals surface area contributed by atoms with Crippen molar-refractivity contribution in [2.24, 2.45) is 5.41 Å². The number of esters is 1. The van der Waals surface area contributed by atoms with Crippen molar-refractivity contribution in [3.8, 4) is 0 Å². The molecule has 0 aromatic heterocycles. The molecule has 0 spiro atoms. The van der Waals surface area contributed by atoms with Crippen molar-refractivity contribution in [1.29, 1.82) is 0 Å². The summed E-state index contributed by atoms with van der Waals surface area (Å²) in [6.07, 6.45) is 8.49. The van der Waals surface area contributed by atoms with Gasteiger partial charge in [-0.2, -0.15) is 0 Å². The molecule has 0 bridgehead atoms. The molecule has 2 nitrogen and oxygen atoms in total. The van der Waals surface area contributed by atoms with Crippen molar-refractivity contribution in [3.63, 3.8) is 0 Å². The molecule has 0 aliphatic rings. The summed E-state index contributed by atoms with van der Waals surface area (Å²) in [7, 11) is 0. The zero-order valence-electron chi connectivity index (χ0n) is 12.2. The largest absolute Gasteiger partial charge is 0.466 e. The molecule has 0 saturated heterocycles. The standard InChI is InChI=1S/C15H30O2/c1-5-6-10-13-17-14(16)11-8-7-9-12-15(2,3)4/h5-13H2,1-4H3. The van der Waals surface area contributed by atoms with Crippen LogP contribution in [-0.2, 0) is 9.53 Å². The normalized spacial score (nSPS) is 11.5. The summed E-state index contributed by atoms with van der Waals surface area (Å²) in [6, 6.07) is 0. The van der Waals surface area contributed by atoms with Crippen molar-refractivity contribution in [3.05, 3.63) is 0 Å². The molecule has 0 heterocycles. The van der Waals surface area contributed by atoms with Gasteiger partial charge in [-0.1, -0.05) is 53.4 Å². The third-order valence-corrected chi connectivity index (χ3v) is 2.82. The van der Waals surface area contributed by atoms with Crippen molar-refractivity contribution < 1.29 is 9.53 Å². The summed E-state index contributed by atoms with van der Waals surface area (Å²) in [4.78, 5) is 11.3. The molecule has 0 aromatic rings. The summed E-state index contributed by atoms with van der Waals surface area (Å²) in [5.74, 6) is -0.0168. The predicted octanol–water partition coefficient (Wildman–Crippen LogP) is 4.72. The molecule has 102 valence electrons. The molecule has 0 amide bonds. The second kappa shape index (κ2) is 9.49. The zero-order chi connectivity index (χ0) is 13.1. The lowest BCUT2D eigenvalue weighted by atomic mass is 9.89. The van der Waals surface area contributed by atoms with Crippen molar-refractivity contribution in [1.82, 2.24) is 0 Å². The van der Waals surface area contributed by atoms with Gasteiger partial charge in [-0.3, -0.25) is 4.79 Å². The molecule has 0 aromatic carbocycles. The molecule has 0 atom stereocenters. The Morgan fingerprint density at radius 2 is 1.71 bits per heavy atom. The van der Waals surface area contributed by atoms with Gasteiger partial charge in [0.2, 0.25) is 0 Å². The van der Waals surface area contributed by atoms with E-state index in [2.05, 4.69) is 27.7 Å². The number of rotatable bonds is 9. The van der Waals surface area contributed by atoms with Gasteiger partial charge >= 0.3 is 5.97 Å². The van der Waals surface area contributed by atoms with E-state index in [4.69, 9.17) is 4.74 Å². The smallest absolute Gasteiger partial charge is 0.305 e. The van der Waals surface area contributed by atoms with Crippen molar-refractivity contribution in [2.45, 2.75) is 79.1 Å². The molecule has 0 saturated carbocycles. The molecular weight excluding hydrogens is 212 g/mol. The highest BCUT2D eigenvalue weighted by Gasteiger charge is 2.09. The molecule has 0 N–H and O–H groups in total. The Kier molecular flexibility index (Phi) is 9.20. The molecule has 0 aliphatic heterocycles. The molecule has 2 heteroatoms. The fourth-order valence-electron chi connectivity index (χ4n) is 1.71. The lowest BCUT2D eigenvalue weighted by Gasteiger charge is -2.17. The lowest BCUT2D eigenvalue weighted by Crippen LogP contribution is -2.06. The number of unbranched alkanes of at least 4 members (excludes halogenated alkanes) is 4. The van der Waals surface area contributed by atoms with Crippen LogP contribution in [0.2, 0.25) is 0 Å². The Bertz CT molecular complexity index is 192. The van der Waals surface area contributed by atoms with Crippen LogP contribution in [0.3, 0.4) is 0 Å². The Labute approximate surface area is 107 Å². The Balaban J connectivity index is 3.28. The minimum Gasteiger partial charge on any atom is -0.466 e.